The first-order chi connectivity index (χ1) is 14.2. The number of nitrogens with one attached hydrogen (secondary N) is 2. The third-order valence-corrected chi connectivity index (χ3v) is 4.78. The molecule has 8 nitrogen and oxygen atoms in total. The van der Waals surface area contributed by atoms with Crippen molar-refractivity contribution in [1.29, 1.82) is 0 Å². The monoisotopic (exact) mass is 399 g/mol. The molecule has 1 aromatic carbocycles. The number of morpholine rings is 1. The van der Waals surface area contributed by atoms with E-state index in [1.54, 1.807) is 20.1 Å². The number of carbonyl (C=O) groups is 1. The Bertz CT molecular complexity index is 809. The second-order valence-electron chi connectivity index (χ2n) is 6.88. The summed E-state index contributed by atoms with van der Waals surface area (Å²) in [6, 6.07) is 9.63. The molecule has 0 radical (unpaired) electrons. The maximum absolute atomic E-state index is 12.5. The molecule has 1 fully saturated rings. The number of aromatic nitrogens is 2. The Morgan fingerprint density at radius 2 is 2.00 bits per heavy atom. The number of methoxy groups -OCH3 is 1. The predicted octanol–water partition coefficient (Wildman–Crippen LogP) is 1.51. The van der Waals surface area contributed by atoms with Crippen molar-refractivity contribution in [3.05, 3.63) is 47.4 Å². The summed E-state index contributed by atoms with van der Waals surface area (Å²) >= 11 is 0. The van der Waals surface area contributed by atoms with E-state index >= 15 is 0 Å². The van der Waals surface area contributed by atoms with Crippen LogP contribution in [0.15, 0.2) is 30.3 Å². The number of nitrogens with zero attached hydrogens (tertiary/aromatic N) is 3. The lowest BCUT2D eigenvalue weighted by Crippen LogP contribution is -2.41. The van der Waals surface area contributed by atoms with Crippen LogP contribution in [0.3, 0.4) is 0 Å². The van der Waals surface area contributed by atoms with Gasteiger partial charge in [-0.15, -0.1) is 0 Å². The predicted molar refractivity (Wildman–Crippen MR) is 112 cm³/mol. The SMILES string of the molecule is COc1ccccc1CCNc1cc(C(=O)NCCN2CCOCC2)nc(C)n1. The van der Waals surface area contributed by atoms with Gasteiger partial charge in [-0.25, -0.2) is 9.97 Å². The summed E-state index contributed by atoms with van der Waals surface area (Å²) in [5.74, 6) is 1.89. The van der Waals surface area contributed by atoms with E-state index in [0.29, 0.717) is 30.4 Å². The number of hydrogen-bond acceptors (Lipinski definition) is 7. The molecule has 2 N–H and O–H groups in total. The molecule has 0 aliphatic carbocycles. The number of amides is 1. The minimum Gasteiger partial charge on any atom is -0.496 e. The van der Waals surface area contributed by atoms with Gasteiger partial charge >= 0.3 is 0 Å². The van der Waals surface area contributed by atoms with Gasteiger partial charge in [-0.1, -0.05) is 18.2 Å². The van der Waals surface area contributed by atoms with Crippen LogP contribution >= 0.6 is 0 Å². The van der Waals surface area contributed by atoms with Gasteiger partial charge in [0.25, 0.3) is 5.91 Å². The highest BCUT2D eigenvalue weighted by Gasteiger charge is 2.13. The van der Waals surface area contributed by atoms with Crippen LogP contribution in [0.1, 0.15) is 21.9 Å². The van der Waals surface area contributed by atoms with Gasteiger partial charge in [0, 0.05) is 38.8 Å². The topological polar surface area (TPSA) is 88.6 Å². The minimum atomic E-state index is -0.184. The quantitative estimate of drug-likeness (QED) is 0.661. The molecular formula is C21H29N5O3. The summed E-state index contributed by atoms with van der Waals surface area (Å²) in [6.07, 6.45) is 0.786. The molecule has 8 heteroatoms. The van der Waals surface area contributed by atoms with Crippen LogP contribution in [-0.4, -0.2) is 73.8 Å². The molecule has 1 aromatic heterocycles. The maximum atomic E-state index is 12.5. The fraction of sp³-hybridized carbons (Fsp3) is 0.476. The first-order valence-electron chi connectivity index (χ1n) is 9.95. The Balaban J connectivity index is 1.51. The molecule has 0 atom stereocenters. The Labute approximate surface area is 171 Å². The van der Waals surface area contributed by atoms with Crippen molar-refractivity contribution >= 4 is 11.7 Å². The lowest BCUT2D eigenvalue weighted by atomic mass is 10.1. The zero-order valence-electron chi connectivity index (χ0n) is 17.1. The molecule has 1 saturated heterocycles. The van der Waals surface area contributed by atoms with E-state index in [-0.39, 0.29) is 5.91 Å². The number of aryl methyl sites for hydroxylation is 1. The van der Waals surface area contributed by atoms with Crippen molar-refractivity contribution in [1.82, 2.24) is 20.2 Å². The molecule has 0 unspecified atom stereocenters. The molecule has 1 aliphatic heterocycles. The van der Waals surface area contributed by atoms with Crippen LogP contribution in [0, 0.1) is 6.92 Å². The zero-order valence-corrected chi connectivity index (χ0v) is 17.1. The summed E-state index contributed by atoms with van der Waals surface area (Å²) < 4.78 is 10.7. The molecule has 1 amide bonds. The van der Waals surface area contributed by atoms with Crippen molar-refractivity contribution < 1.29 is 14.3 Å². The highest BCUT2D eigenvalue weighted by molar-refractivity contribution is 5.92. The van der Waals surface area contributed by atoms with Gasteiger partial charge in [-0.05, 0) is 25.0 Å². The van der Waals surface area contributed by atoms with Gasteiger partial charge < -0.3 is 20.1 Å². The average molecular weight is 399 g/mol. The number of anilines is 1. The van der Waals surface area contributed by atoms with Crippen molar-refractivity contribution in [2.45, 2.75) is 13.3 Å². The Kier molecular flexibility index (Phi) is 7.77. The number of rotatable bonds is 9. The van der Waals surface area contributed by atoms with Gasteiger partial charge in [0.15, 0.2) is 0 Å². The normalized spacial score (nSPS) is 14.4. The zero-order chi connectivity index (χ0) is 20.5. The van der Waals surface area contributed by atoms with Crippen LogP contribution in [0.4, 0.5) is 5.82 Å². The number of para-hydroxylation sites is 1. The second kappa shape index (κ2) is 10.7. The molecule has 0 saturated carbocycles. The lowest BCUT2D eigenvalue weighted by molar-refractivity contribution is 0.0383. The Hall–Kier alpha value is -2.71. The van der Waals surface area contributed by atoms with Crippen LogP contribution in [0.2, 0.25) is 0 Å². The molecule has 29 heavy (non-hydrogen) atoms. The van der Waals surface area contributed by atoms with Gasteiger partial charge in [0.05, 0.1) is 20.3 Å². The molecular weight excluding hydrogens is 370 g/mol. The van der Waals surface area contributed by atoms with Crippen molar-refractivity contribution in [2.24, 2.45) is 0 Å². The molecule has 0 spiro atoms. The smallest absolute Gasteiger partial charge is 0.270 e. The first-order valence-corrected chi connectivity index (χ1v) is 9.95. The van der Waals surface area contributed by atoms with E-state index in [9.17, 15) is 4.79 Å². The van der Waals surface area contributed by atoms with Crippen molar-refractivity contribution in [2.75, 3.05) is 58.4 Å². The number of ether oxygens (including phenoxy) is 2. The Morgan fingerprint density at radius 3 is 2.79 bits per heavy atom. The van der Waals surface area contributed by atoms with Gasteiger partial charge in [-0.2, -0.15) is 0 Å². The second-order valence-corrected chi connectivity index (χ2v) is 6.88. The minimum absolute atomic E-state index is 0.184. The summed E-state index contributed by atoms with van der Waals surface area (Å²) in [7, 11) is 1.67. The number of carbonyl (C=O) groups excluding carboxylic acids is 1. The number of benzene rings is 1. The van der Waals surface area contributed by atoms with E-state index in [1.165, 1.54) is 0 Å². The highest BCUT2D eigenvalue weighted by Crippen LogP contribution is 2.18. The first kappa shape index (κ1) is 21.0. The van der Waals surface area contributed by atoms with Gasteiger partial charge in [0.1, 0.15) is 23.1 Å². The molecule has 1 aliphatic rings. The maximum Gasteiger partial charge on any atom is 0.270 e. The summed E-state index contributed by atoms with van der Waals surface area (Å²) in [4.78, 5) is 23.4. The third-order valence-electron chi connectivity index (χ3n) is 4.78. The average Bonchev–Trinajstić information content (AvgIpc) is 2.74. The van der Waals surface area contributed by atoms with E-state index < -0.39 is 0 Å². The summed E-state index contributed by atoms with van der Waals surface area (Å²) in [5.41, 5.74) is 1.49. The highest BCUT2D eigenvalue weighted by atomic mass is 16.5. The molecule has 156 valence electrons. The van der Waals surface area contributed by atoms with Gasteiger partial charge in [0.2, 0.25) is 0 Å². The van der Waals surface area contributed by atoms with Crippen LogP contribution in [0.25, 0.3) is 0 Å². The van der Waals surface area contributed by atoms with Gasteiger partial charge in [-0.3, -0.25) is 9.69 Å². The number of hydrogen-bond donors (Lipinski definition) is 2. The fourth-order valence-electron chi connectivity index (χ4n) is 3.25. The molecule has 2 heterocycles. The third kappa shape index (κ3) is 6.40. The molecule has 0 bridgehead atoms. The standard InChI is InChI=1S/C21H29N5O3/c1-16-24-18(21(27)23-9-10-26-11-13-29-14-12-26)15-20(25-16)22-8-7-17-5-3-4-6-19(17)28-2/h3-6,15H,7-14H2,1-2H3,(H,23,27)(H,22,24,25). The van der Waals surface area contributed by atoms with Crippen LogP contribution in [0.5, 0.6) is 5.75 Å². The van der Waals surface area contributed by atoms with Crippen molar-refractivity contribution in [3.8, 4) is 5.75 Å². The Morgan fingerprint density at radius 1 is 1.21 bits per heavy atom. The van der Waals surface area contributed by atoms with Crippen LogP contribution in [-0.2, 0) is 11.2 Å². The molecule has 2 aromatic rings. The largest absolute Gasteiger partial charge is 0.496 e. The van der Waals surface area contributed by atoms with Crippen molar-refractivity contribution in [3.63, 3.8) is 0 Å². The summed E-state index contributed by atoms with van der Waals surface area (Å²) in [5, 5.41) is 6.22. The van der Waals surface area contributed by atoms with E-state index in [1.807, 2.05) is 24.3 Å². The lowest BCUT2D eigenvalue weighted by Gasteiger charge is -2.26. The van der Waals surface area contributed by atoms with Crippen LogP contribution < -0.4 is 15.4 Å². The van der Waals surface area contributed by atoms with E-state index in [0.717, 1.165) is 50.6 Å². The van der Waals surface area contributed by atoms with E-state index in [4.69, 9.17) is 9.47 Å². The molecule has 3 rings (SSSR count). The summed E-state index contributed by atoms with van der Waals surface area (Å²) in [6.45, 7) is 7.17. The van der Waals surface area contributed by atoms with E-state index in [2.05, 4.69) is 25.5 Å². The fourth-order valence-corrected chi connectivity index (χ4v) is 3.25.